The van der Waals surface area contributed by atoms with Crippen LogP contribution in [-0.2, 0) is 6.42 Å². The Balaban J connectivity index is 2.28. The second kappa shape index (κ2) is 4.42. The summed E-state index contributed by atoms with van der Waals surface area (Å²) < 4.78 is 5.40. The second-order valence-corrected chi connectivity index (χ2v) is 5.12. The van der Waals surface area contributed by atoms with E-state index in [-0.39, 0.29) is 5.38 Å². The van der Waals surface area contributed by atoms with Crippen LogP contribution >= 0.6 is 22.9 Å². The molecule has 1 nitrogen and oxygen atoms in total. The third-order valence-corrected chi connectivity index (χ3v) is 4.27. The molecule has 80 valence electrons. The highest BCUT2D eigenvalue weighted by molar-refractivity contribution is 7.12. The van der Waals surface area contributed by atoms with Crippen molar-refractivity contribution in [1.82, 2.24) is 0 Å². The molecule has 0 saturated heterocycles. The molecule has 0 spiro atoms. The van der Waals surface area contributed by atoms with Crippen LogP contribution in [0.5, 0.6) is 0 Å². The van der Waals surface area contributed by atoms with Crippen molar-refractivity contribution in [3.63, 3.8) is 0 Å². The largest absolute Gasteiger partial charge is 0.467 e. The summed E-state index contributed by atoms with van der Waals surface area (Å²) in [5.74, 6) is 0.862. The molecule has 1 unspecified atom stereocenters. The molecule has 0 aliphatic heterocycles. The van der Waals surface area contributed by atoms with Crippen molar-refractivity contribution < 1.29 is 4.42 Å². The topological polar surface area (TPSA) is 13.1 Å². The molecule has 3 heteroatoms. The third-order valence-electron chi connectivity index (χ3n) is 2.41. The van der Waals surface area contributed by atoms with Crippen LogP contribution < -0.4 is 0 Å². The Bertz CT molecular complexity index is 444. The Morgan fingerprint density at radius 3 is 2.73 bits per heavy atom. The van der Waals surface area contributed by atoms with E-state index >= 15 is 0 Å². The Morgan fingerprint density at radius 1 is 1.40 bits per heavy atom. The van der Waals surface area contributed by atoms with Crippen LogP contribution in [0.3, 0.4) is 0 Å². The Kier molecular flexibility index (Phi) is 3.17. The van der Waals surface area contributed by atoms with Gasteiger partial charge in [0.25, 0.3) is 0 Å². The van der Waals surface area contributed by atoms with Crippen LogP contribution in [0.2, 0.25) is 0 Å². The van der Waals surface area contributed by atoms with E-state index < -0.39 is 0 Å². The van der Waals surface area contributed by atoms with Gasteiger partial charge >= 0.3 is 0 Å². The molecule has 2 rings (SSSR count). The lowest BCUT2D eigenvalue weighted by Gasteiger charge is -2.04. The maximum absolute atomic E-state index is 6.37. The van der Waals surface area contributed by atoms with Gasteiger partial charge in [0.1, 0.15) is 11.1 Å². The van der Waals surface area contributed by atoms with Gasteiger partial charge in [0.15, 0.2) is 0 Å². The van der Waals surface area contributed by atoms with Crippen molar-refractivity contribution in [1.29, 1.82) is 0 Å². The van der Waals surface area contributed by atoms with E-state index in [9.17, 15) is 0 Å². The predicted octanol–water partition coefficient (Wildman–Crippen LogP) is 4.54. The van der Waals surface area contributed by atoms with Crippen LogP contribution in [0.25, 0.3) is 0 Å². The summed E-state index contributed by atoms with van der Waals surface area (Å²) in [5, 5.41) is -0.148. The highest BCUT2D eigenvalue weighted by Gasteiger charge is 2.17. The Labute approximate surface area is 98.7 Å². The van der Waals surface area contributed by atoms with Crippen molar-refractivity contribution in [3.05, 3.63) is 45.5 Å². The van der Waals surface area contributed by atoms with E-state index in [2.05, 4.69) is 19.1 Å². The number of thiophene rings is 1. The Morgan fingerprint density at radius 2 is 2.20 bits per heavy atom. The molecule has 0 N–H and O–H groups in total. The molecule has 0 aromatic carbocycles. The quantitative estimate of drug-likeness (QED) is 0.718. The zero-order chi connectivity index (χ0) is 10.8. The highest BCUT2D eigenvalue weighted by atomic mass is 35.5. The van der Waals surface area contributed by atoms with Gasteiger partial charge < -0.3 is 4.42 Å². The maximum Gasteiger partial charge on any atom is 0.129 e. The highest BCUT2D eigenvalue weighted by Crippen LogP contribution is 2.35. The monoisotopic (exact) mass is 240 g/mol. The number of furan rings is 1. The smallest absolute Gasteiger partial charge is 0.129 e. The average Bonchev–Trinajstić information content (AvgIpc) is 2.84. The SMILES string of the molecule is CCc1ccc(C(Cl)c2occc2C)s1. The lowest BCUT2D eigenvalue weighted by atomic mass is 10.2. The van der Waals surface area contributed by atoms with Gasteiger partial charge in [-0.3, -0.25) is 0 Å². The van der Waals surface area contributed by atoms with E-state index in [1.807, 2.05) is 13.0 Å². The fourth-order valence-electron chi connectivity index (χ4n) is 1.49. The summed E-state index contributed by atoms with van der Waals surface area (Å²) in [7, 11) is 0. The minimum Gasteiger partial charge on any atom is -0.467 e. The van der Waals surface area contributed by atoms with Crippen molar-refractivity contribution in [2.75, 3.05) is 0 Å². The fourth-order valence-corrected chi connectivity index (χ4v) is 2.85. The first kappa shape index (κ1) is 10.8. The first-order valence-corrected chi connectivity index (χ1v) is 6.24. The van der Waals surface area contributed by atoms with Crippen molar-refractivity contribution in [2.45, 2.75) is 25.6 Å². The molecule has 0 aliphatic carbocycles. The number of aryl methyl sites for hydroxylation is 2. The summed E-state index contributed by atoms with van der Waals surface area (Å²) in [5.41, 5.74) is 1.11. The van der Waals surface area contributed by atoms with E-state index in [1.165, 1.54) is 4.88 Å². The molecular formula is C12H13ClOS. The van der Waals surface area contributed by atoms with Crippen LogP contribution in [0, 0.1) is 6.92 Å². The van der Waals surface area contributed by atoms with Gasteiger partial charge in [-0.15, -0.1) is 22.9 Å². The van der Waals surface area contributed by atoms with Gasteiger partial charge in [-0.05, 0) is 37.1 Å². The molecule has 2 aromatic rings. The standard InChI is InChI=1S/C12H13ClOS/c1-3-9-4-5-10(15-9)11(13)12-8(2)6-7-14-12/h4-7,11H,3H2,1-2H3. The first-order chi connectivity index (χ1) is 7.22. The van der Waals surface area contributed by atoms with Crippen LogP contribution in [0.4, 0.5) is 0 Å². The van der Waals surface area contributed by atoms with Gasteiger partial charge in [-0.1, -0.05) is 6.92 Å². The van der Waals surface area contributed by atoms with Gasteiger partial charge in [0.05, 0.1) is 6.26 Å². The van der Waals surface area contributed by atoms with E-state index in [0.717, 1.165) is 22.6 Å². The first-order valence-electron chi connectivity index (χ1n) is 4.99. The second-order valence-electron chi connectivity index (χ2n) is 3.49. The molecular weight excluding hydrogens is 228 g/mol. The summed E-state index contributed by atoms with van der Waals surface area (Å²) in [6, 6.07) is 6.16. The average molecular weight is 241 g/mol. The van der Waals surface area contributed by atoms with E-state index in [1.54, 1.807) is 17.6 Å². The van der Waals surface area contributed by atoms with Gasteiger partial charge in [-0.25, -0.2) is 0 Å². The Hall–Kier alpha value is -0.730. The molecule has 15 heavy (non-hydrogen) atoms. The normalized spacial score (nSPS) is 13.0. The predicted molar refractivity (Wildman–Crippen MR) is 64.8 cm³/mol. The molecule has 0 bridgehead atoms. The number of rotatable bonds is 3. The number of halogens is 1. The minimum absolute atomic E-state index is 0.148. The van der Waals surface area contributed by atoms with Gasteiger partial charge in [-0.2, -0.15) is 0 Å². The number of alkyl halides is 1. The molecule has 0 saturated carbocycles. The summed E-state index contributed by atoms with van der Waals surface area (Å²) in [4.78, 5) is 2.52. The van der Waals surface area contributed by atoms with Crippen molar-refractivity contribution >= 4 is 22.9 Å². The molecule has 2 heterocycles. The van der Waals surface area contributed by atoms with Crippen molar-refractivity contribution in [2.24, 2.45) is 0 Å². The van der Waals surface area contributed by atoms with Crippen LogP contribution in [-0.4, -0.2) is 0 Å². The number of hydrogen-bond acceptors (Lipinski definition) is 2. The molecule has 0 radical (unpaired) electrons. The molecule has 0 fully saturated rings. The number of hydrogen-bond donors (Lipinski definition) is 0. The van der Waals surface area contributed by atoms with E-state index in [4.69, 9.17) is 16.0 Å². The zero-order valence-corrected chi connectivity index (χ0v) is 10.4. The lowest BCUT2D eigenvalue weighted by Crippen LogP contribution is -1.89. The molecule has 1 atom stereocenters. The van der Waals surface area contributed by atoms with Crippen LogP contribution in [0.1, 0.15) is 33.4 Å². The molecule has 0 amide bonds. The third kappa shape index (κ3) is 2.11. The van der Waals surface area contributed by atoms with Gasteiger partial charge in [0, 0.05) is 9.75 Å². The molecule has 2 aromatic heterocycles. The minimum atomic E-state index is -0.148. The van der Waals surface area contributed by atoms with E-state index in [0.29, 0.717) is 0 Å². The van der Waals surface area contributed by atoms with Gasteiger partial charge in [0.2, 0.25) is 0 Å². The fraction of sp³-hybridized carbons (Fsp3) is 0.333. The summed E-state index contributed by atoms with van der Waals surface area (Å²) in [6.07, 6.45) is 2.75. The maximum atomic E-state index is 6.37. The molecule has 0 aliphatic rings. The summed E-state index contributed by atoms with van der Waals surface area (Å²) >= 11 is 8.12. The van der Waals surface area contributed by atoms with Crippen molar-refractivity contribution in [3.8, 4) is 0 Å². The van der Waals surface area contributed by atoms with Crippen LogP contribution in [0.15, 0.2) is 28.9 Å². The zero-order valence-electron chi connectivity index (χ0n) is 8.79. The summed E-state index contributed by atoms with van der Waals surface area (Å²) in [6.45, 7) is 4.17. The lowest BCUT2D eigenvalue weighted by molar-refractivity contribution is 0.515.